The smallest absolute Gasteiger partial charge is 0.164 e. The first-order chi connectivity index (χ1) is 12.3. The molecule has 0 bridgehead atoms. The van der Waals surface area contributed by atoms with Crippen molar-refractivity contribution in [2.24, 2.45) is 4.99 Å². The number of hydrogen-bond donors (Lipinski definition) is 0. The van der Waals surface area contributed by atoms with Crippen LogP contribution in [0, 0.1) is 0 Å². The summed E-state index contributed by atoms with van der Waals surface area (Å²) in [6.45, 7) is 1.88. The molecule has 0 amide bonds. The van der Waals surface area contributed by atoms with Gasteiger partial charge in [0.25, 0.3) is 0 Å². The Bertz CT molecular complexity index is 1050. The first-order valence-electron chi connectivity index (χ1n) is 7.94. The van der Waals surface area contributed by atoms with Gasteiger partial charge in [0, 0.05) is 16.9 Å². The fourth-order valence-electron chi connectivity index (χ4n) is 2.90. The van der Waals surface area contributed by atoms with Gasteiger partial charge in [0.15, 0.2) is 11.5 Å². The summed E-state index contributed by atoms with van der Waals surface area (Å²) in [5.41, 5.74) is 3.93. The molecule has 0 aliphatic rings. The summed E-state index contributed by atoms with van der Waals surface area (Å²) in [6.07, 6.45) is 3.29. The van der Waals surface area contributed by atoms with Crippen molar-refractivity contribution in [3.8, 4) is 16.9 Å². The van der Waals surface area contributed by atoms with E-state index < -0.39 is 0 Å². The van der Waals surface area contributed by atoms with E-state index in [1.807, 2.05) is 49.4 Å². The van der Waals surface area contributed by atoms with E-state index in [0.29, 0.717) is 10.8 Å². The minimum absolute atomic E-state index is 0.664. The third-order valence-electron chi connectivity index (χ3n) is 3.98. The molecule has 0 atom stereocenters. The lowest BCUT2D eigenvalue weighted by Gasteiger charge is -2.10. The van der Waals surface area contributed by atoms with Crippen LogP contribution >= 0.6 is 11.6 Å². The molecule has 0 aliphatic carbocycles. The van der Waals surface area contributed by atoms with Crippen LogP contribution < -0.4 is 0 Å². The van der Waals surface area contributed by atoms with Crippen LogP contribution in [0.4, 0.5) is 5.82 Å². The van der Waals surface area contributed by atoms with Gasteiger partial charge in [-0.15, -0.1) is 0 Å². The standard InChI is InChI=1S/C20H15ClN4/c1-2-22-19-17-12-18(14-8-10-15(21)11-9-14)25(20(17)24-13-23-19)16-6-4-3-5-7-16/h2-13H,1H3/b22-2-. The van der Waals surface area contributed by atoms with E-state index in [1.54, 1.807) is 12.5 Å². The Morgan fingerprint density at radius 2 is 1.76 bits per heavy atom. The van der Waals surface area contributed by atoms with Gasteiger partial charge in [0.05, 0.1) is 11.1 Å². The summed E-state index contributed by atoms with van der Waals surface area (Å²) in [6, 6.07) is 20.0. The van der Waals surface area contributed by atoms with Gasteiger partial charge in [0.2, 0.25) is 0 Å². The predicted molar refractivity (Wildman–Crippen MR) is 103 cm³/mol. The van der Waals surface area contributed by atoms with Crippen LogP contribution in [0.5, 0.6) is 0 Å². The number of hydrogen-bond acceptors (Lipinski definition) is 3. The maximum absolute atomic E-state index is 6.05. The lowest BCUT2D eigenvalue weighted by molar-refractivity contribution is 1.08. The molecule has 0 saturated heterocycles. The summed E-state index contributed by atoms with van der Waals surface area (Å²) in [5.74, 6) is 0.664. The quantitative estimate of drug-likeness (QED) is 0.462. The molecule has 0 aliphatic heterocycles. The Kier molecular flexibility index (Phi) is 4.04. The van der Waals surface area contributed by atoms with Crippen molar-refractivity contribution < 1.29 is 0 Å². The highest BCUT2D eigenvalue weighted by Gasteiger charge is 2.16. The van der Waals surface area contributed by atoms with E-state index >= 15 is 0 Å². The third-order valence-corrected chi connectivity index (χ3v) is 4.23. The average Bonchev–Trinajstić information content (AvgIpc) is 3.04. The van der Waals surface area contributed by atoms with Crippen LogP contribution in [0.3, 0.4) is 0 Å². The zero-order valence-electron chi connectivity index (χ0n) is 13.6. The first-order valence-corrected chi connectivity index (χ1v) is 8.32. The normalized spacial score (nSPS) is 11.4. The molecule has 4 rings (SSSR count). The van der Waals surface area contributed by atoms with Gasteiger partial charge in [-0.3, -0.25) is 4.57 Å². The monoisotopic (exact) mass is 346 g/mol. The van der Waals surface area contributed by atoms with Crippen molar-refractivity contribution in [2.75, 3.05) is 0 Å². The summed E-state index contributed by atoms with van der Waals surface area (Å²) in [7, 11) is 0. The highest BCUT2D eigenvalue weighted by Crippen LogP contribution is 2.34. The van der Waals surface area contributed by atoms with Gasteiger partial charge in [-0.05, 0) is 42.8 Å². The number of fused-ring (bicyclic) bond motifs is 1. The number of aromatic nitrogens is 3. The van der Waals surface area contributed by atoms with Crippen LogP contribution in [-0.4, -0.2) is 20.7 Å². The van der Waals surface area contributed by atoms with E-state index in [2.05, 4.69) is 37.7 Å². The number of aliphatic imine (C=N–C) groups is 1. The molecule has 0 N–H and O–H groups in total. The number of benzene rings is 2. The number of rotatable bonds is 3. The Morgan fingerprint density at radius 3 is 2.48 bits per heavy atom. The molecular weight excluding hydrogens is 332 g/mol. The zero-order chi connectivity index (χ0) is 17.2. The van der Waals surface area contributed by atoms with Crippen LogP contribution in [0.15, 0.2) is 72.0 Å². The van der Waals surface area contributed by atoms with Crippen molar-refractivity contribution in [2.45, 2.75) is 6.92 Å². The molecule has 122 valence electrons. The molecule has 0 spiro atoms. The topological polar surface area (TPSA) is 43.1 Å². The highest BCUT2D eigenvalue weighted by atomic mass is 35.5. The molecule has 4 nitrogen and oxygen atoms in total. The van der Waals surface area contributed by atoms with Crippen molar-refractivity contribution in [3.05, 3.63) is 72.0 Å². The highest BCUT2D eigenvalue weighted by molar-refractivity contribution is 6.30. The maximum Gasteiger partial charge on any atom is 0.164 e. The molecule has 0 saturated carbocycles. The molecule has 2 aromatic carbocycles. The van der Waals surface area contributed by atoms with E-state index in [-0.39, 0.29) is 0 Å². The van der Waals surface area contributed by atoms with Crippen LogP contribution in [0.25, 0.3) is 28.0 Å². The number of halogens is 1. The van der Waals surface area contributed by atoms with Gasteiger partial charge in [-0.2, -0.15) is 0 Å². The number of nitrogens with zero attached hydrogens (tertiary/aromatic N) is 4. The average molecular weight is 347 g/mol. The SMILES string of the molecule is C/C=N\c1ncnc2c1cc(-c1ccc(Cl)cc1)n2-c1ccccc1. The van der Waals surface area contributed by atoms with Crippen LogP contribution in [0.2, 0.25) is 5.02 Å². The Morgan fingerprint density at radius 1 is 1.00 bits per heavy atom. The second kappa shape index (κ2) is 6.49. The first kappa shape index (κ1) is 15.5. The molecule has 0 radical (unpaired) electrons. The second-order valence-corrected chi connectivity index (χ2v) is 5.97. The van der Waals surface area contributed by atoms with Crippen molar-refractivity contribution in [1.82, 2.24) is 14.5 Å². The lowest BCUT2D eigenvalue weighted by atomic mass is 10.1. The Balaban J connectivity index is 2.07. The molecule has 2 aromatic heterocycles. The van der Waals surface area contributed by atoms with Crippen molar-refractivity contribution in [3.63, 3.8) is 0 Å². The second-order valence-electron chi connectivity index (χ2n) is 5.53. The number of para-hydroxylation sites is 1. The molecule has 2 heterocycles. The van der Waals surface area contributed by atoms with E-state index in [9.17, 15) is 0 Å². The van der Waals surface area contributed by atoms with Crippen LogP contribution in [-0.2, 0) is 0 Å². The Labute approximate surface area is 150 Å². The molecule has 5 heteroatoms. The lowest BCUT2D eigenvalue weighted by Crippen LogP contribution is -1.98. The minimum atomic E-state index is 0.664. The van der Waals surface area contributed by atoms with Gasteiger partial charge in [-0.25, -0.2) is 15.0 Å². The van der Waals surface area contributed by atoms with Gasteiger partial charge in [-0.1, -0.05) is 41.9 Å². The summed E-state index contributed by atoms with van der Waals surface area (Å²) >= 11 is 6.05. The van der Waals surface area contributed by atoms with Crippen molar-refractivity contribution in [1.29, 1.82) is 0 Å². The summed E-state index contributed by atoms with van der Waals surface area (Å²) in [4.78, 5) is 13.2. The molecule has 25 heavy (non-hydrogen) atoms. The fraction of sp³-hybridized carbons (Fsp3) is 0.0500. The molecule has 4 aromatic rings. The molecule has 0 unspecified atom stereocenters. The van der Waals surface area contributed by atoms with E-state index in [1.165, 1.54) is 0 Å². The fourth-order valence-corrected chi connectivity index (χ4v) is 3.02. The zero-order valence-corrected chi connectivity index (χ0v) is 14.4. The Hall–Kier alpha value is -2.98. The van der Waals surface area contributed by atoms with Gasteiger partial charge < -0.3 is 0 Å². The van der Waals surface area contributed by atoms with Crippen molar-refractivity contribution >= 4 is 34.7 Å². The maximum atomic E-state index is 6.05. The van der Waals surface area contributed by atoms with E-state index in [4.69, 9.17) is 11.6 Å². The van der Waals surface area contributed by atoms with Crippen LogP contribution in [0.1, 0.15) is 6.92 Å². The van der Waals surface area contributed by atoms with Gasteiger partial charge >= 0.3 is 0 Å². The van der Waals surface area contributed by atoms with Gasteiger partial charge in [0.1, 0.15) is 6.33 Å². The minimum Gasteiger partial charge on any atom is -0.294 e. The molecule has 0 fully saturated rings. The predicted octanol–water partition coefficient (Wildman–Crippen LogP) is 5.46. The molecular formula is C20H15ClN4. The van der Waals surface area contributed by atoms with E-state index in [0.717, 1.165) is 28.0 Å². The third kappa shape index (κ3) is 2.81. The summed E-state index contributed by atoms with van der Waals surface area (Å²) < 4.78 is 2.12. The largest absolute Gasteiger partial charge is 0.294 e. The summed E-state index contributed by atoms with van der Waals surface area (Å²) in [5, 5.41) is 1.62.